The van der Waals surface area contributed by atoms with Gasteiger partial charge in [0.05, 0.1) is 0 Å². The maximum absolute atomic E-state index is 11.2. The number of hydrogen-bond donors (Lipinski definition) is 0. The van der Waals surface area contributed by atoms with Crippen LogP contribution >= 0.6 is 0 Å². The molecular weight excluding hydrogens is 158 g/mol. The Labute approximate surface area is 72.4 Å². The molecule has 1 atom stereocenters. The van der Waals surface area contributed by atoms with Crippen LogP contribution < -0.4 is 0 Å². The highest BCUT2D eigenvalue weighted by Gasteiger charge is 2.20. The lowest BCUT2D eigenvalue weighted by Crippen LogP contribution is -2.31. The molecule has 1 amide bonds. The van der Waals surface area contributed by atoms with Crippen molar-refractivity contribution in [3.63, 3.8) is 0 Å². The first-order chi connectivity index (χ1) is 5.74. The van der Waals surface area contributed by atoms with Crippen molar-refractivity contribution in [1.82, 2.24) is 4.90 Å². The predicted molar refractivity (Wildman–Crippen MR) is 43.8 cm³/mol. The van der Waals surface area contributed by atoms with Crippen LogP contribution in [0.3, 0.4) is 0 Å². The molecule has 0 aromatic heterocycles. The van der Waals surface area contributed by atoms with Gasteiger partial charge in [-0.05, 0) is 19.8 Å². The van der Waals surface area contributed by atoms with E-state index in [1.807, 2.05) is 0 Å². The highest BCUT2D eigenvalue weighted by molar-refractivity contribution is 5.67. The number of carbonyl (C=O) groups is 1. The minimum atomic E-state index is -0.446. The number of nitrogens with zero attached hydrogens (tertiary/aromatic N) is 1. The highest BCUT2D eigenvalue weighted by Crippen LogP contribution is 2.09. The summed E-state index contributed by atoms with van der Waals surface area (Å²) in [5.41, 5.74) is 0. The maximum Gasteiger partial charge on any atom is 0.412 e. The third kappa shape index (κ3) is 2.37. The molecule has 0 aromatic rings. The smallest absolute Gasteiger partial charge is 0.412 e. The molecule has 0 saturated carbocycles. The van der Waals surface area contributed by atoms with Crippen LogP contribution in [0.1, 0.15) is 19.8 Å². The topological polar surface area (TPSA) is 38.8 Å². The van der Waals surface area contributed by atoms with E-state index in [9.17, 15) is 4.79 Å². The highest BCUT2D eigenvalue weighted by atomic mass is 16.7. The Balaban J connectivity index is 2.27. The van der Waals surface area contributed by atoms with Crippen LogP contribution in [-0.2, 0) is 9.47 Å². The summed E-state index contributed by atoms with van der Waals surface area (Å²) in [6, 6.07) is 0. The Hall–Kier alpha value is -0.770. The van der Waals surface area contributed by atoms with Gasteiger partial charge in [0, 0.05) is 20.2 Å². The molecule has 0 aliphatic carbocycles. The predicted octanol–water partition coefficient (Wildman–Crippen LogP) is 1.21. The Morgan fingerprint density at radius 2 is 2.00 bits per heavy atom. The quantitative estimate of drug-likeness (QED) is 0.589. The molecule has 1 unspecified atom stereocenters. The van der Waals surface area contributed by atoms with Gasteiger partial charge in [0.25, 0.3) is 0 Å². The Bertz CT molecular complexity index is 154. The summed E-state index contributed by atoms with van der Waals surface area (Å²) in [5.74, 6) is 0. The number of carbonyl (C=O) groups excluding carboxylic acids is 1. The number of methoxy groups -OCH3 is 1. The maximum atomic E-state index is 11.2. The standard InChI is InChI=1S/C8H15NO3/c1-7(11-2)12-8(10)9-5-3-4-6-9/h7H,3-6H2,1-2H3. The summed E-state index contributed by atoms with van der Waals surface area (Å²) in [5, 5.41) is 0. The second-order valence-electron chi connectivity index (χ2n) is 2.88. The largest absolute Gasteiger partial charge is 0.420 e. The average Bonchev–Trinajstić information content (AvgIpc) is 2.56. The molecule has 0 aromatic carbocycles. The van der Waals surface area contributed by atoms with E-state index in [2.05, 4.69) is 0 Å². The zero-order valence-electron chi connectivity index (χ0n) is 7.58. The Morgan fingerprint density at radius 3 is 2.50 bits per heavy atom. The molecule has 1 rings (SSSR count). The summed E-state index contributed by atoms with van der Waals surface area (Å²) >= 11 is 0. The molecule has 4 nitrogen and oxygen atoms in total. The van der Waals surface area contributed by atoms with Gasteiger partial charge in [-0.1, -0.05) is 0 Å². The second-order valence-corrected chi connectivity index (χ2v) is 2.88. The number of amides is 1. The van der Waals surface area contributed by atoms with Crippen LogP contribution in [0.25, 0.3) is 0 Å². The van der Waals surface area contributed by atoms with Crippen molar-refractivity contribution in [2.75, 3.05) is 20.2 Å². The van der Waals surface area contributed by atoms with Crippen LogP contribution in [0.2, 0.25) is 0 Å². The van der Waals surface area contributed by atoms with Crippen molar-refractivity contribution in [1.29, 1.82) is 0 Å². The van der Waals surface area contributed by atoms with Crippen LogP contribution in [0.4, 0.5) is 4.79 Å². The molecule has 1 aliphatic heterocycles. The zero-order valence-corrected chi connectivity index (χ0v) is 7.58. The van der Waals surface area contributed by atoms with Gasteiger partial charge in [-0.15, -0.1) is 0 Å². The van der Waals surface area contributed by atoms with Gasteiger partial charge in [-0.25, -0.2) is 4.79 Å². The third-order valence-electron chi connectivity index (χ3n) is 1.96. The molecule has 1 heterocycles. The first kappa shape index (κ1) is 9.32. The molecule has 12 heavy (non-hydrogen) atoms. The van der Waals surface area contributed by atoms with E-state index in [1.165, 1.54) is 7.11 Å². The van der Waals surface area contributed by atoms with Crippen LogP contribution in [0.5, 0.6) is 0 Å². The van der Waals surface area contributed by atoms with E-state index in [1.54, 1.807) is 11.8 Å². The molecule has 70 valence electrons. The van der Waals surface area contributed by atoms with E-state index < -0.39 is 6.29 Å². The van der Waals surface area contributed by atoms with E-state index in [4.69, 9.17) is 9.47 Å². The molecule has 0 radical (unpaired) electrons. The van der Waals surface area contributed by atoms with Gasteiger partial charge in [0.1, 0.15) is 0 Å². The van der Waals surface area contributed by atoms with Crippen molar-refractivity contribution < 1.29 is 14.3 Å². The monoisotopic (exact) mass is 173 g/mol. The van der Waals surface area contributed by atoms with Gasteiger partial charge in [0.2, 0.25) is 6.29 Å². The van der Waals surface area contributed by atoms with Gasteiger partial charge in [0.15, 0.2) is 0 Å². The van der Waals surface area contributed by atoms with Gasteiger partial charge >= 0.3 is 6.09 Å². The fourth-order valence-corrected chi connectivity index (χ4v) is 1.16. The van der Waals surface area contributed by atoms with Crippen LogP contribution in [-0.4, -0.2) is 37.5 Å². The fourth-order valence-electron chi connectivity index (χ4n) is 1.16. The summed E-state index contributed by atoms with van der Waals surface area (Å²) in [6.07, 6.45) is 1.45. The van der Waals surface area contributed by atoms with Crippen LogP contribution in [0, 0.1) is 0 Å². The normalized spacial score (nSPS) is 19.3. The first-order valence-corrected chi connectivity index (χ1v) is 4.22. The second kappa shape index (κ2) is 4.30. The molecule has 1 fully saturated rings. The number of ether oxygens (including phenoxy) is 2. The van der Waals surface area contributed by atoms with E-state index in [-0.39, 0.29) is 6.09 Å². The lowest BCUT2D eigenvalue weighted by Gasteiger charge is -2.17. The first-order valence-electron chi connectivity index (χ1n) is 4.22. The van der Waals surface area contributed by atoms with Crippen molar-refractivity contribution in [2.24, 2.45) is 0 Å². The molecule has 1 aliphatic rings. The van der Waals surface area contributed by atoms with Crippen molar-refractivity contribution >= 4 is 6.09 Å². The minimum absolute atomic E-state index is 0.262. The molecular formula is C8H15NO3. The number of rotatable bonds is 2. The molecule has 0 spiro atoms. The lowest BCUT2D eigenvalue weighted by molar-refractivity contribution is -0.0764. The van der Waals surface area contributed by atoms with Gasteiger partial charge in [-0.3, -0.25) is 0 Å². The molecule has 0 N–H and O–H groups in total. The Kier molecular flexibility index (Phi) is 3.34. The van der Waals surface area contributed by atoms with Gasteiger partial charge < -0.3 is 14.4 Å². The summed E-state index contributed by atoms with van der Waals surface area (Å²) in [6.45, 7) is 3.33. The van der Waals surface area contributed by atoms with Crippen molar-refractivity contribution in [2.45, 2.75) is 26.1 Å². The number of hydrogen-bond acceptors (Lipinski definition) is 3. The average molecular weight is 173 g/mol. The van der Waals surface area contributed by atoms with E-state index in [0.717, 1.165) is 25.9 Å². The van der Waals surface area contributed by atoms with E-state index in [0.29, 0.717) is 0 Å². The van der Waals surface area contributed by atoms with Crippen molar-refractivity contribution in [3.05, 3.63) is 0 Å². The molecule has 0 bridgehead atoms. The third-order valence-corrected chi connectivity index (χ3v) is 1.96. The summed E-state index contributed by atoms with van der Waals surface area (Å²) in [7, 11) is 1.52. The SMILES string of the molecule is COC(C)OC(=O)N1CCCC1. The van der Waals surface area contributed by atoms with E-state index >= 15 is 0 Å². The lowest BCUT2D eigenvalue weighted by atomic mass is 10.4. The van der Waals surface area contributed by atoms with Gasteiger partial charge in [-0.2, -0.15) is 0 Å². The zero-order chi connectivity index (χ0) is 8.97. The molecule has 1 saturated heterocycles. The van der Waals surface area contributed by atoms with Crippen LogP contribution in [0.15, 0.2) is 0 Å². The number of likely N-dealkylation sites (tertiary alicyclic amines) is 1. The van der Waals surface area contributed by atoms with Crippen molar-refractivity contribution in [3.8, 4) is 0 Å². The summed E-state index contributed by atoms with van der Waals surface area (Å²) < 4.78 is 9.76. The Morgan fingerprint density at radius 1 is 1.42 bits per heavy atom. The minimum Gasteiger partial charge on any atom is -0.420 e. The fraction of sp³-hybridized carbons (Fsp3) is 0.875. The summed E-state index contributed by atoms with van der Waals surface area (Å²) in [4.78, 5) is 12.9. The molecule has 4 heteroatoms.